The van der Waals surface area contributed by atoms with E-state index in [0.717, 1.165) is 191 Å². The Morgan fingerprint density at radius 1 is 0.471 bits per heavy atom. The molecular weight excluding hydrogens is 1060 g/mol. The molecule has 2 fully saturated rings. The zero-order valence-electron chi connectivity index (χ0n) is 48.5. The van der Waals surface area contributed by atoms with Gasteiger partial charge in [0.2, 0.25) is 0 Å². The second-order valence-corrected chi connectivity index (χ2v) is 22.2. The van der Waals surface area contributed by atoms with Crippen molar-refractivity contribution in [3.8, 4) is 78.8 Å². The summed E-state index contributed by atoms with van der Waals surface area (Å²) in [5.74, 6) is 3.32. The Labute approximate surface area is 499 Å². The summed E-state index contributed by atoms with van der Waals surface area (Å²) in [6, 6.07) is 30.3. The average molecular weight is 1140 g/mol. The van der Waals surface area contributed by atoms with Crippen molar-refractivity contribution in [1.29, 1.82) is 0 Å². The number of ether oxygens (including phenoxy) is 2. The number of nitrogens with zero attached hydrogens (tertiary/aromatic N) is 15. The van der Waals surface area contributed by atoms with E-state index in [4.69, 9.17) is 39.6 Å². The lowest BCUT2D eigenvalue weighted by Crippen LogP contribution is -2.44. The van der Waals surface area contributed by atoms with Crippen molar-refractivity contribution < 1.29 is 9.47 Å². The van der Waals surface area contributed by atoms with E-state index in [9.17, 15) is 0 Å². The normalized spacial score (nSPS) is 14.4. The lowest BCUT2D eigenvalue weighted by Gasteiger charge is -2.34. The van der Waals surface area contributed by atoms with Gasteiger partial charge in [0.25, 0.3) is 0 Å². The van der Waals surface area contributed by atoms with Gasteiger partial charge in [0.15, 0.2) is 0 Å². The van der Waals surface area contributed by atoms with Gasteiger partial charge in [-0.15, -0.1) is 0 Å². The molecule has 2 saturated heterocycles. The molecule has 0 saturated carbocycles. The number of anilines is 2. The molecule has 6 aromatic heterocycles. The molecule has 18 heteroatoms. The number of benzene rings is 4. The quantitative estimate of drug-likeness (QED) is 0.123. The maximum absolute atomic E-state index is 5.85. The van der Waals surface area contributed by atoms with Crippen LogP contribution in [0.25, 0.3) is 67.3 Å². The highest BCUT2D eigenvalue weighted by Gasteiger charge is 2.30. The fraction of sp³-hybridized carbons (Fsp3) is 0.343. The Morgan fingerprint density at radius 3 is 1.31 bits per heavy atom. The highest BCUT2D eigenvalue weighted by atomic mass is 16.5. The van der Waals surface area contributed by atoms with Gasteiger partial charge < -0.3 is 29.5 Å². The van der Waals surface area contributed by atoms with Gasteiger partial charge in [0.05, 0.1) is 60.8 Å². The van der Waals surface area contributed by atoms with Crippen LogP contribution in [-0.4, -0.2) is 138 Å². The summed E-state index contributed by atoms with van der Waals surface area (Å²) in [5.41, 5.74) is 22.2. The van der Waals surface area contributed by atoms with Crippen LogP contribution in [0.1, 0.15) is 60.1 Å². The molecule has 438 valence electrons. The SMILES string of the molecule is C.C.COc1cc(N2CCN(C)CC2)ccc1Cc1ncc2c(n1)-c1c(nn(C)c1-c1ccc(-c3cnn(C)c3)cc1)CC2.COc1cc(N2CCNCC2)ccc1Cc1ncc2c(n1)-c1c(nn(C)c1-c1ccc(-c3cnn(C)c3)cc1)CC2. The average Bonchev–Trinajstić information content (AvgIpc) is 2.04. The molecule has 4 aromatic carbocycles. The van der Waals surface area contributed by atoms with E-state index < -0.39 is 0 Å². The topological polar surface area (TPSA) is 163 Å². The molecular formula is C67H78N16O2. The molecule has 85 heavy (non-hydrogen) atoms. The minimum absolute atomic E-state index is 0. The van der Waals surface area contributed by atoms with Crippen LogP contribution in [-0.2, 0) is 66.7 Å². The maximum atomic E-state index is 5.85. The van der Waals surface area contributed by atoms with Gasteiger partial charge in [-0.3, -0.25) is 18.7 Å². The highest BCUT2D eigenvalue weighted by molar-refractivity contribution is 5.86. The van der Waals surface area contributed by atoms with Crippen molar-refractivity contribution in [2.45, 2.75) is 53.4 Å². The van der Waals surface area contributed by atoms with Crippen molar-refractivity contribution in [3.05, 3.63) is 167 Å². The van der Waals surface area contributed by atoms with E-state index in [0.29, 0.717) is 12.8 Å². The Morgan fingerprint density at radius 2 is 0.894 bits per heavy atom. The van der Waals surface area contributed by atoms with Crippen molar-refractivity contribution >= 4 is 11.4 Å². The largest absolute Gasteiger partial charge is 0.496 e. The number of methoxy groups -OCH3 is 2. The molecule has 4 aliphatic rings. The zero-order chi connectivity index (χ0) is 56.7. The summed E-state index contributed by atoms with van der Waals surface area (Å²) in [6.07, 6.45) is 16.6. The van der Waals surface area contributed by atoms with Gasteiger partial charge in [-0.2, -0.15) is 20.4 Å². The van der Waals surface area contributed by atoms with Gasteiger partial charge in [-0.05, 0) is 67.1 Å². The second kappa shape index (κ2) is 24.7. The summed E-state index contributed by atoms with van der Waals surface area (Å²) in [6.45, 7) is 8.18. The van der Waals surface area contributed by atoms with Crippen LogP contribution < -0.4 is 24.6 Å². The molecule has 0 spiro atoms. The lowest BCUT2D eigenvalue weighted by atomic mass is 9.91. The summed E-state index contributed by atoms with van der Waals surface area (Å²) in [5, 5.41) is 21.9. The van der Waals surface area contributed by atoms with E-state index in [1.165, 1.54) is 22.5 Å². The van der Waals surface area contributed by atoms with Gasteiger partial charge in [-0.25, -0.2) is 19.9 Å². The molecule has 10 aromatic rings. The summed E-state index contributed by atoms with van der Waals surface area (Å²) < 4.78 is 19.3. The minimum atomic E-state index is 0. The summed E-state index contributed by atoms with van der Waals surface area (Å²) in [4.78, 5) is 27.1. The monoisotopic (exact) mass is 1140 g/mol. The third-order valence-electron chi connectivity index (χ3n) is 16.8. The van der Waals surface area contributed by atoms with E-state index in [2.05, 4.69) is 122 Å². The number of nitrogens with one attached hydrogen (secondary N) is 1. The number of piperazine rings is 2. The summed E-state index contributed by atoms with van der Waals surface area (Å²) >= 11 is 0. The minimum Gasteiger partial charge on any atom is -0.496 e. The first-order valence-electron chi connectivity index (χ1n) is 28.8. The number of likely N-dealkylation sites (N-methyl/N-ethyl adjacent to an activating group) is 1. The van der Waals surface area contributed by atoms with Crippen molar-refractivity contribution in [3.63, 3.8) is 0 Å². The standard InChI is InChI=1S/C33H36N8O.C32H34N8O.2CH4/c1-38-13-15-41(16-14-38)27-11-9-24(29(18-27)42-4)17-30-34-19-25-10-12-28-31(32(25)36-30)33(40(3)37-28)23-7-5-22(6-8-23)26-20-35-39(2)21-26;1-38-20-25(19-35-38)21-4-6-22(7-5-21)32-30-27(37-39(32)2)11-9-24-18-34-29(36-31(24)30)16-23-8-10-26(17-28(23)41-3)40-14-12-33-13-15-40;;/h5-9,11,18-21H,10,12-17H2,1-4H3;4-8,10,17-20,33H,9,11-16H2,1-3H3;2*1H4. The Hall–Kier alpha value is -9.00. The molecule has 14 rings (SSSR count). The first-order chi connectivity index (χ1) is 40.5. The number of aromatic nitrogens is 12. The second-order valence-electron chi connectivity index (χ2n) is 22.2. The fourth-order valence-electron chi connectivity index (χ4n) is 12.3. The van der Waals surface area contributed by atoms with Crippen molar-refractivity contribution in [2.75, 3.05) is 83.4 Å². The molecule has 0 atom stereocenters. The summed E-state index contributed by atoms with van der Waals surface area (Å²) in [7, 11) is 13.6. The van der Waals surface area contributed by atoms with E-state index in [1.807, 2.05) is 84.1 Å². The molecule has 0 bridgehead atoms. The molecule has 2 aliphatic carbocycles. The number of fused-ring (bicyclic) bond motifs is 6. The number of hydrogen-bond donors (Lipinski definition) is 1. The van der Waals surface area contributed by atoms with E-state index in [-0.39, 0.29) is 14.9 Å². The molecule has 0 radical (unpaired) electrons. The molecule has 18 nitrogen and oxygen atoms in total. The fourth-order valence-corrected chi connectivity index (χ4v) is 12.3. The van der Waals surface area contributed by atoms with Crippen molar-refractivity contribution in [2.24, 2.45) is 28.2 Å². The predicted octanol–water partition coefficient (Wildman–Crippen LogP) is 9.72. The molecule has 2 aliphatic heterocycles. The van der Waals surface area contributed by atoms with Crippen LogP contribution in [0.2, 0.25) is 0 Å². The predicted molar refractivity (Wildman–Crippen MR) is 338 cm³/mol. The highest BCUT2D eigenvalue weighted by Crippen LogP contribution is 2.42. The third-order valence-corrected chi connectivity index (χ3v) is 16.8. The third kappa shape index (κ3) is 11.7. The van der Waals surface area contributed by atoms with Gasteiger partial charge in [0.1, 0.15) is 23.1 Å². The number of hydrogen-bond acceptors (Lipinski definition) is 14. The van der Waals surface area contributed by atoms with Gasteiger partial charge in [0, 0.05) is 186 Å². The smallest absolute Gasteiger partial charge is 0.133 e. The Kier molecular flexibility index (Phi) is 16.8. The van der Waals surface area contributed by atoms with Crippen LogP contribution in [0.15, 0.2) is 122 Å². The van der Waals surface area contributed by atoms with Crippen LogP contribution in [0.5, 0.6) is 11.5 Å². The molecule has 1 N–H and O–H groups in total. The lowest BCUT2D eigenvalue weighted by molar-refractivity contribution is 0.312. The number of rotatable bonds is 12. The maximum Gasteiger partial charge on any atom is 0.133 e. The first kappa shape index (κ1) is 57.8. The van der Waals surface area contributed by atoms with E-state index in [1.54, 1.807) is 14.2 Å². The van der Waals surface area contributed by atoms with Crippen LogP contribution >= 0.6 is 0 Å². The molecule has 0 amide bonds. The van der Waals surface area contributed by atoms with Crippen LogP contribution in [0, 0.1) is 0 Å². The van der Waals surface area contributed by atoms with Crippen molar-refractivity contribution in [1.82, 2.24) is 69.3 Å². The molecule has 8 heterocycles. The van der Waals surface area contributed by atoms with Gasteiger partial charge >= 0.3 is 0 Å². The van der Waals surface area contributed by atoms with Gasteiger partial charge in [-0.1, -0.05) is 75.5 Å². The van der Waals surface area contributed by atoms with Crippen LogP contribution in [0.3, 0.4) is 0 Å². The first-order valence-corrected chi connectivity index (χ1v) is 28.8. The Balaban J connectivity index is 0.000000173. The van der Waals surface area contributed by atoms with Crippen LogP contribution in [0.4, 0.5) is 11.4 Å². The van der Waals surface area contributed by atoms with E-state index >= 15 is 0 Å². The molecule has 0 unspecified atom stereocenters. The zero-order valence-corrected chi connectivity index (χ0v) is 48.5. The number of aryl methyl sites for hydroxylation is 8. The Bertz CT molecular complexity index is 3970.